The molecule has 2 atom stereocenters. The van der Waals surface area contributed by atoms with Crippen LogP contribution in [0.15, 0.2) is 41.1 Å². The van der Waals surface area contributed by atoms with E-state index in [4.69, 9.17) is 16.3 Å². The summed E-state index contributed by atoms with van der Waals surface area (Å²) >= 11 is 7.71. The van der Waals surface area contributed by atoms with Gasteiger partial charge in [0.1, 0.15) is 11.9 Å². The van der Waals surface area contributed by atoms with Gasteiger partial charge in [-0.3, -0.25) is 0 Å². The Morgan fingerprint density at radius 3 is 2.85 bits per heavy atom. The van der Waals surface area contributed by atoms with Gasteiger partial charge in [-0.05, 0) is 60.5 Å². The van der Waals surface area contributed by atoms with E-state index in [0.717, 1.165) is 18.7 Å². The van der Waals surface area contributed by atoms with Crippen LogP contribution in [-0.4, -0.2) is 12.6 Å². The van der Waals surface area contributed by atoms with Gasteiger partial charge in [0.25, 0.3) is 0 Å². The lowest BCUT2D eigenvalue weighted by Gasteiger charge is -2.25. The summed E-state index contributed by atoms with van der Waals surface area (Å²) in [4.78, 5) is 0. The molecule has 0 fully saturated rings. The zero-order chi connectivity index (χ0) is 14.4. The summed E-state index contributed by atoms with van der Waals surface area (Å²) < 4.78 is 6.04. The molecule has 0 bridgehead atoms. The van der Waals surface area contributed by atoms with Gasteiger partial charge < -0.3 is 10.1 Å². The number of hydrogen-bond acceptors (Lipinski definition) is 3. The van der Waals surface area contributed by atoms with E-state index in [1.54, 1.807) is 11.3 Å². The zero-order valence-corrected chi connectivity index (χ0v) is 13.4. The molecule has 0 saturated heterocycles. The lowest BCUT2D eigenvalue weighted by molar-refractivity contribution is 0.171. The van der Waals surface area contributed by atoms with Crippen LogP contribution >= 0.6 is 22.9 Å². The zero-order valence-electron chi connectivity index (χ0n) is 11.8. The summed E-state index contributed by atoms with van der Waals surface area (Å²) in [7, 11) is 0. The van der Waals surface area contributed by atoms with Crippen molar-refractivity contribution in [2.75, 3.05) is 6.54 Å². The van der Waals surface area contributed by atoms with Crippen molar-refractivity contribution in [1.29, 1.82) is 0 Å². The molecule has 0 aliphatic carbocycles. The standard InChI is InChI=1S/C16H20ClNOS/c1-3-8-18-16(13-7-9-20-11-13)12(2)19-15-6-4-5-14(17)10-15/h4-7,9-12,16,18H,3,8H2,1-2H3. The van der Waals surface area contributed by atoms with Crippen molar-refractivity contribution in [3.63, 3.8) is 0 Å². The minimum Gasteiger partial charge on any atom is -0.489 e. The average Bonchev–Trinajstić information content (AvgIpc) is 2.93. The minimum absolute atomic E-state index is 0.0367. The summed E-state index contributed by atoms with van der Waals surface area (Å²) in [5.41, 5.74) is 1.28. The molecule has 0 amide bonds. The fourth-order valence-corrected chi connectivity index (χ4v) is 3.01. The summed E-state index contributed by atoms with van der Waals surface area (Å²) in [5.74, 6) is 0.809. The minimum atomic E-state index is 0.0367. The Hall–Kier alpha value is -1.03. The molecule has 0 aliphatic rings. The van der Waals surface area contributed by atoms with Crippen LogP contribution in [0.2, 0.25) is 5.02 Å². The second kappa shape index (κ2) is 7.67. The quantitative estimate of drug-likeness (QED) is 0.784. The van der Waals surface area contributed by atoms with Crippen molar-refractivity contribution < 1.29 is 4.74 Å². The SMILES string of the molecule is CCCNC(c1ccsc1)C(C)Oc1cccc(Cl)c1. The van der Waals surface area contributed by atoms with Crippen LogP contribution in [0.4, 0.5) is 0 Å². The molecule has 0 aliphatic heterocycles. The smallest absolute Gasteiger partial charge is 0.121 e. The molecule has 1 N–H and O–H groups in total. The van der Waals surface area contributed by atoms with Gasteiger partial charge in [-0.25, -0.2) is 0 Å². The molecule has 0 spiro atoms. The third-order valence-corrected chi connectivity index (χ3v) is 4.04. The van der Waals surface area contributed by atoms with Crippen molar-refractivity contribution in [2.24, 2.45) is 0 Å². The first-order valence-corrected chi connectivity index (χ1v) is 8.20. The molecule has 2 aromatic rings. The van der Waals surface area contributed by atoms with E-state index in [9.17, 15) is 0 Å². The summed E-state index contributed by atoms with van der Waals surface area (Å²) in [6.45, 7) is 5.23. The van der Waals surface area contributed by atoms with E-state index < -0.39 is 0 Å². The van der Waals surface area contributed by atoms with E-state index in [1.165, 1.54) is 5.56 Å². The van der Waals surface area contributed by atoms with E-state index >= 15 is 0 Å². The summed E-state index contributed by atoms with van der Waals surface area (Å²) in [6, 6.07) is 9.89. The largest absolute Gasteiger partial charge is 0.489 e. The van der Waals surface area contributed by atoms with Gasteiger partial charge in [0, 0.05) is 5.02 Å². The number of rotatable bonds is 7. The highest BCUT2D eigenvalue weighted by atomic mass is 35.5. The highest BCUT2D eigenvalue weighted by Gasteiger charge is 2.20. The Kier molecular flexibility index (Phi) is 5.89. The maximum atomic E-state index is 6.04. The number of benzene rings is 1. The molecule has 0 radical (unpaired) electrons. The molecule has 1 aromatic carbocycles. The van der Waals surface area contributed by atoms with Gasteiger partial charge in [0.05, 0.1) is 6.04 Å². The molecule has 4 heteroatoms. The molecule has 20 heavy (non-hydrogen) atoms. The molecule has 0 saturated carbocycles. The first kappa shape index (κ1) is 15.4. The van der Waals surface area contributed by atoms with Crippen molar-refractivity contribution in [1.82, 2.24) is 5.32 Å². The molecular weight excluding hydrogens is 290 g/mol. The van der Waals surface area contributed by atoms with E-state index in [0.29, 0.717) is 5.02 Å². The number of nitrogens with one attached hydrogen (secondary N) is 1. The number of hydrogen-bond donors (Lipinski definition) is 1. The molecule has 1 heterocycles. The van der Waals surface area contributed by atoms with Crippen LogP contribution in [0.3, 0.4) is 0 Å². The molecular formula is C16H20ClNOS. The maximum Gasteiger partial charge on any atom is 0.121 e. The predicted octanol–water partition coefficient (Wildman–Crippen LogP) is 4.91. The number of thiophene rings is 1. The average molecular weight is 310 g/mol. The topological polar surface area (TPSA) is 21.3 Å². The maximum absolute atomic E-state index is 6.04. The van der Waals surface area contributed by atoms with Crippen molar-refractivity contribution in [2.45, 2.75) is 32.4 Å². The number of halogens is 1. The van der Waals surface area contributed by atoms with Crippen molar-refractivity contribution in [3.8, 4) is 5.75 Å². The van der Waals surface area contributed by atoms with Gasteiger partial charge in [0.15, 0.2) is 0 Å². The van der Waals surface area contributed by atoms with E-state index in [2.05, 4.69) is 36.0 Å². The van der Waals surface area contributed by atoms with Crippen LogP contribution in [0.25, 0.3) is 0 Å². The Bertz CT molecular complexity index is 515. The Balaban J connectivity index is 2.08. The highest BCUT2D eigenvalue weighted by molar-refractivity contribution is 7.07. The van der Waals surface area contributed by atoms with Crippen LogP contribution in [-0.2, 0) is 0 Å². The van der Waals surface area contributed by atoms with Crippen LogP contribution in [0.5, 0.6) is 5.75 Å². The lowest BCUT2D eigenvalue weighted by atomic mass is 10.1. The highest BCUT2D eigenvalue weighted by Crippen LogP contribution is 2.25. The monoisotopic (exact) mass is 309 g/mol. The van der Waals surface area contributed by atoms with Gasteiger partial charge in [-0.2, -0.15) is 11.3 Å². The molecule has 2 nitrogen and oxygen atoms in total. The molecule has 1 aromatic heterocycles. The van der Waals surface area contributed by atoms with Crippen LogP contribution in [0.1, 0.15) is 31.9 Å². The fraction of sp³-hybridized carbons (Fsp3) is 0.375. The molecule has 2 unspecified atom stereocenters. The lowest BCUT2D eigenvalue weighted by Crippen LogP contribution is -2.34. The Morgan fingerprint density at radius 1 is 1.35 bits per heavy atom. The normalized spacial score (nSPS) is 13.9. The van der Waals surface area contributed by atoms with E-state index in [-0.39, 0.29) is 12.1 Å². The second-order valence-electron chi connectivity index (χ2n) is 4.77. The first-order valence-electron chi connectivity index (χ1n) is 6.88. The van der Waals surface area contributed by atoms with Crippen molar-refractivity contribution in [3.05, 3.63) is 51.7 Å². The Labute approximate surface area is 129 Å². The van der Waals surface area contributed by atoms with Crippen LogP contribution < -0.4 is 10.1 Å². The van der Waals surface area contributed by atoms with Gasteiger partial charge in [-0.1, -0.05) is 24.6 Å². The van der Waals surface area contributed by atoms with Crippen LogP contribution in [0, 0.1) is 0 Å². The number of ether oxygens (including phenoxy) is 1. The van der Waals surface area contributed by atoms with Gasteiger partial charge >= 0.3 is 0 Å². The van der Waals surface area contributed by atoms with Gasteiger partial charge in [-0.15, -0.1) is 0 Å². The molecule has 108 valence electrons. The summed E-state index contributed by atoms with van der Waals surface area (Å²) in [5, 5.41) is 8.52. The Morgan fingerprint density at radius 2 is 2.20 bits per heavy atom. The fourth-order valence-electron chi connectivity index (χ4n) is 2.13. The predicted molar refractivity (Wildman–Crippen MR) is 86.9 cm³/mol. The second-order valence-corrected chi connectivity index (χ2v) is 5.99. The summed E-state index contributed by atoms with van der Waals surface area (Å²) in [6.07, 6.45) is 1.14. The third-order valence-electron chi connectivity index (χ3n) is 3.10. The molecule has 2 rings (SSSR count). The third kappa shape index (κ3) is 4.23. The van der Waals surface area contributed by atoms with E-state index in [1.807, 2.05) is 24.3 Å². The van der Waals surface area contributed by atoms with Crippen molar-refractivity contribution >= 4 is 22.9 Å². The first-order chi connectivity index (χ1) is 9.70. The van der Waals surface area contributed by atoms with Gasteiger partial charge in [0.2, 0.25) is 0 Å².